The molecule has 2 fully saturated rings. The second-order valence-corrected chi connectivity index (χ2v) is 8.46. The molecule has 2 unspecified atom stereocenters. The molecule has 0 spiro atoms. The Morgan fingerprint density at radius 1 is 1.20 bits per heavy atom. The maximum atomic E-state index is 11.7. The SMILES string of the molecule is CC1(C)CC2CC(C)(CN2S(C)(=O)=O)C1. The number of sulfonamides is 1. The van der Waals surface area contributed by atoms with Gasteiger partial charge in [0.05, 0.1) is 6.26 Å². The fourth-order valence-electron chi connectivity index (χ4n) is 3.80. The monoisotopic (exact) mass is 231 g/mol. The van der Waals surface area contributed by atoms with Gasteiger partial charge in [0.1, 0.15) is 0 Å². The van der Waals surface area contributed by atoms with Gasteiger partial charge in [-0.05, 0) is 30.1 Å². The average Bonchev–Trinajstić information content (AvgIpc) is 2.17. The molecule has 1 heterocycles. The summed E-state index contributed by atoms with van der Waals surface area (Å²) >= 11 is 0. The minimum absolute atomic E-state index is 0.204. The Morgan fingerprint density at radius 2 is 1.80 bits per heavy atom. The quantitative estimate of drug-likeness (QED) is 0.690. The van der Waals surface area contributed by atoms with E-state index in [9.17, 15) is 8.42 Å². The molecule has 0 radical (unpaired) electrons. The first-order chi connectivity index (χ1) is 6.61. The Kier molecular flexibility index (Phi) is 2.26. The normalized spacial score (nSPS) is 40.7. The van der Waals surface area contributed by atoms with Crippen molar-refractivity contribution in [2.75, 3.05) is 12.8 Å². The van der Waals surface area contributed by atoms with E-state index in [0.29, 0.717) is 0 Å². The van der Waals surface area contributed by atoms with Crippen LogP contribution in [0.3, 0.4) is 0 Å². The number of hydrogen-bond acceptors (Lipinski definition) is 2. The van der Waals surface area contributed by atoms with E-state index in [1.165, 1.54) is 6.26 Å². The van der Waals surface area contributed by atoms with Crippen LogP contribution in [0.4, 0.5) is 0 Å². The molecule has 0 aromatic heterocycles. The molecule has 15 heavy (non-hydrogen) atoms. The average molecular weight is 231 g/mol. The zero-order valence-corrected chi connectivity index (χ0v) is 10.9. The van der Waals surface area contributed by atoms with E-state index in [0.717, 1.165) is 25.8 Å². The summed E-state index contributed by atoms with van der Waals surface area (Å²) in [6.45, 7) is 7.46. The van der Waals surface area contributed by atoms with Crippen molar-refractivity contribution < 1.29 is 8.42 Å². The summed E-state index contributed by atoms with van der Waals surface area (Å²) in [5, 5.41) is 0. The summed E-state index contributed by atoms with van der Waals surface area (Å²) in [5.41, 5.74) is 0.493. The number of hydrogen-bond donors (Lipinski definition) is 0. The number of nitrogens with zero attached hydrogens (tertiary/aromatic N) is 1. The lowest BCUT2D eigenvalue weighted by Gasteiger charge is -2.39. The van der Waals surface area contributed by atoms with Crippen LogP contribution in [0.25, 0.3) is 0 Å². The van der Waals surface area contributed by atoms with E-state index >= 15 is 0 Å². The minimum Gasteiger partial charge on any atom is -0.212 e. The van der Waals surface area contributed by atoms with Crippen LogP contribution in [0.2, 0.25) is 0 Å². The van der Waals surface area contributed by atoms with Crippen molar-refractivity contribution in [3.63, 3.8) is 0 Å². The zero-order chi connectivity index (χ0) is 11.5. The molecule has 1 aliphatic heterocycles. The second kappa shape index (κ2) is 2.98. The van der Waals surface area contributed by atoms with Crippen LogP contribution in [-0.4, -0.2) is 31.6 Å². The minimum atomic E-state index is -3.01. The van der Waals surface area contributed by atoms with Crippen molar-refractivity contribution in [2.45, 2.75) is 46.1 Å². The topological polar surface area (TPSA) is 37.4 Å². The van der Waals surface area contributed by atoms with E-state index < -0.39 is 10.0 Å². The smallest absolute Gasteiger partial charge is 0.211 e. The summed E-state index contributed by atoms with van der Waals surface area (Å²) in [5.74, 6) is 0. The van der Waals surface area contributed by atoms with Gasteiger partial charge in [-0.1, -0.05) is 20.8 Å². The van der Waals surface area contributed by atoms with Gasteiger partial charge in [0.2, 0.25) is 10.0 Å². The van der Waals surface area contributed by atoms with Gasteiger partial charge in [-0.25, -0.2) is 8.42 Å². The number of fused-ring (bicyclic) bond motifs is 2. The van der Waals surface area contributed by atoms with Gasteiger partial charge < -0.3 is 0 Å². The Balaban J connectivity index is 2.32. The molecule has 2 aliphatic rings. The third kappa shape index (κ3) is 2.07. The molecule has 0 amide bonds. The predicted molar refractivity (Wildman–Crippen MR) is 61.1 cm³/mol. The van der Waals surface area contributed by atoms with Crippen molar-refractivity contribution in [2.24, 2.45) is 10.8 Å². The summed E-state index contributed by atoms with van der Waals surface area (Å²) in [6, 6.07) is 0.244. The van der Waals surface area contributed by atoms with Crippen molar-refractivity contribution in [1.29, 1.82) is 0 Å². The highest BCUT2D eigenvalue weighted by atomic mass is 32.2. The van der Waals surface area contributed by atoms with Gasteiger partial charge in [0.15, 0.2) is 0 Å². The molecule has 2 rings (SSSR count). The fourth-order valence-corrected chi connectivity index (χ4v) is 5.03. The third-order valence-corrected chi connectivity index (χ3v) is 5.07. The Bertz CT molecular complexity index is 374. The Morgan fingerprint density at radius 3 is 2.33 bits per heavy atom. The van der Waals surface area contributed by atoms with E-state index in [4.69, 9.17) is 0 Å². The highest BCUT2D eigenvalue weighted by Gasteiger charge is 2.51. The van der Waals surface area contributed by atoms with Gasteiger partial charge in [-0.15, -0.1) is 0 Å². The van der Waals surface area contributed by atoms with Crippen LogP contribution in [0, 0.1) is 10.8 Å². The van der Waals surface area contributed by atoms with Crippen LogP contribution in [0.5, 0.6) is 0 Å². The molecule has 0 aromatic carbocycles. The third-order valence-electron chi connectivity index (χ3n) is 3.79. The summed E-state index contributed by atoms with van der Waals surface area (Å²) in [7, 11) is -3.01. The van der Waals surface area contributed by atoms with Crippen LogP contribution < -0.4 is 0 Å². The molecule has 1 saturated carbocycles. The van der Waals surface area contributed by atoms with Gasteiger partial charge in [0.25, 0.3) is 0 Å². The lowest BCUT2D eigenvalue weighted by molar-refractivity contribution is 0.133. The van der Waals surface area contributed by atoms with Crippen molar-refractivity contribution in [3.8, 4) is 0 Å². The van der Waals surface area contributed by atoms with Crippen molar-refractivity contribution >= 4 is 10.0 Å². The Hall–Kier alpha value is -0.0900. The van der Waals surface area contributed by atoms with E-state index in [-0.39, 0.29) is 16.9 Å². The largest absolute Gasteiger partial charge is 0.212 e. The molecule has 4 heteroatoms. The molecule has 2 atom stereocenters. The van der Waals surface area contributed by atoms with Gasteiger partial charge in [0, 0.05) is 12.6 Å². The van der Waals surface area contributed by atoms with Crippen molar-refractivity contribution in [1.82, 2.24) is 4.31 Å². The molecule has 0 N–H and O–H groups in total. The first-order valence-electron chi connectivity index (χ1n) is 5.58. The van der Waals surface area contributed by atoms with Crippen molar-refractivity contribution in [3.05, 3.63) is 0 Å². The maximum absolute atomic E-state index is 11.7. The molecular weight excluding hydrogens is 210 g/mol. The summed E-state index contributed by atoms with van der Waals surface area (Å²) < 4.78 is 25.0. The van der Waals surface area contributed by atoms with Gasteiger partial charge >= 0.3 is 0 Å². The molecule has 1 aliphatic carbocycles. The fraction of sp³-hybridized carbons (Fsp3) is 1.00. The molecule has 2 bridgehead atoms. The Labute approximate surface area is 92.9 Å². The van der Waals surface area contributed by atoms with Crippen LogP contribution in [0.1, 0.15) is 40.0 Å². The molecule has 3 nitrogen and oxygen atoms in total. The lowest BCUT2D eigenvalue weighted by atomic mass is 9.65. The summed E-state index contributed by atoms with van der Waals surface area (Å²) in [6.07, 6.45) is 4.53. The maximum Gasteiger partial charge on any atom is 0.211 e. The standard InChI is InChI=1S/C11H21NO2S/c1-10(2)5-9-6-11(3,7-10)8-12(9)15(4,13)14/h9H,5-8H2,1-4H3. The zero-order valence-electron chi connectivity index (χ0n) is 10.1. The lowest BCUT2D eigenvalue weighted by Crippen LogP contribution is -2.37. The summed E-state index contributed by atoms with van der Waals surface area (Å²) in [4.78, 5) is 0. The van der Waals surface area contributed by atoms with Gasteiger partial charge in [-0.2, -0.15) is 4.31 Å². The number of rotatable bonds is 1. The second-order valence-electron chi connectivity index (χ2n) is 6.52. The van der Waals surface area contributed by atoms with Gasteiger partial charge in [-0.3, -0.25) is 0 Å². The molecule has 0 aromatic rings. The first-order valence-corrected chi connectivity index (χ1v) is 7.43. The first kappa shape index (κ1) is 11.4. The van der Waals surface area contributed by atoms with E-state index in [2.05, 4.69) is 20.8 Å². The predicted octanol–water partition coefficient (Wildman–Crippen LogP) is 1.85. The molecule has 1 saturated heterocycles. The molecule has 88 valence electrons. The molecular formula is C11H21NO2S. The van der Waals surface area contributed by atoms with E-state index in [1.54, 1.807) is 4.31 Å². The van der Waals surface area contributed by atoms with Crippen LogP contribution in [0.15, 0.2) is 0 Å². The van der Waals surface area contributed by atoms with E-state index in [1.807, 2.05) is 0 Å². The van der Waals surface area contributed by atoms with Crippen LogP contribution >= 0.6 is 0 Å². The highest BCUT2D eigenvalue weighted by molar-refractivity contribution is 7.88. The highest BCUT2D eigenvalue weighted by Crippen LogP contribution is 2.52. The van der Waals surface area contributed by atoms with Crippen LogP contribution in [-0.2, 0) is 10.0 Å².